The van der Waals surface area contributed by atoms with Crippen LogP contribution >= 0.6 is 0 Å². The highest BCUT2D eigenvalue weighted by Crippen LogP contribution is 2.38. The Labute approximate surface area is 129 Å². The molecule has 2 heteroatoms. The number of benzene rings is 1. The van der Waals surface area contributed by atoms with Crippen molar-refractivity contribution in [2.24, 2.45) is 5.92 Å². The molecule has 1 aliphatic heterocycles. The molecule has 0 unspecified atom stereocenters. The molecular formula is C19H30N2. The lowest BCUT2D eigenvalue weighted by Gasteiger charge is -2.39. The van der Waals surface area contributed by atoms with Crippen molar-refractivity contribution in [2.75, 3.05) is 26.2 Å². The van der Waals surface area contributed by atoms with Gasteiger partial charge in [0.1, 0.15) is 0 Å². The maximum absolute atomic E-state index is 3.82. The van der Waals surface area contributed by atoms with Crippen molar-refractivity contribution in [1.29, 1.82) is 0 Å². The van der Waals surface area contributed by atoms with Crippen LogP contribution < -0.4 is 5.32 Å². The monoisotopic (exact) mass is 286 g/mol. The van der Waals surface area contributed by atoms with Gasteiger partial charge >= 0.3 is 0 Å². The van der Waals surface area contributed by atoms with Gasteiger partial charge in [0, 0.05) is 6.04 Å². The first kappa shape index (κ1) is 15.1. The summed E-state index contributed by atoms with van der Waals surface area (Å²) in [5.74, 6) is 1.70. The fourth-order valence-electron chi connectivity index (χ4n) is 3.92. The summed E-state index contributed by atoms with van der Waals surface area (Å²) in [5, 5.41) is 3.82. The summed E-state index contributed by atoms with van der Waals surface area (Å²) in [4.78, 5) is 2.58. The smallest absolute Gasteiger partial charge is 0.00788 e. The van der Waals surface area contributed by atoms with Crippen LogP contribution in [0.15, 0.2) is 24.3 Å². The second-order valence-electron chi connectivity index (χ2n) is 7.01. The van der Waals surface area contributed by atoms with Crippen molar-refractivity contribution in [3.63, 3.8) is 0 Å². The fourth-order valence-corrected chi connectivity index (χ4v) is 3.92. The predicted octanol–water partition coefficient (Wildman–Crippen LogP) is 3.56. The van der Waals surface area contributed by atoms with Gasteiger partial charge in [-0.15, -0.1) is 0 Å². The number of hydrogen-bond donors (Lipinski definition) is 1. The zero-order chi connectivity index (χ0) is 14.7. The van der Waals surface area contributed by atoms with Gasteiger partial charge in [-0.25, -0.2) is 0 Å². The van der Waals surface area contributed by atoms with Crippen LogP contribution in [0.2, 0.25) is 0 Å². The Balaban J connectivity index is 1.37. The zero-order valence-corrected chi connectivity index (χ0v) is 13.6. The molecule has 1 aromatic carbocycles. The molecule has 1 saturated heterocycles. The van der Waals surface area contributed by atoms with Crippen molar-refractivity contribution in [3.05, 3.63) is 35.4 Å². The first-order valence-corrected chi connectivity index (χ1v) is 8.77. The van der Waals surface area contributed by atoms with E-state index >= 15 is 0 Å². The summed E-state index contributed by atoms with van der Waals surface area (Å²) in [6.07, 6.45) is 5.43. The molecular weight excluding hydrogens is 256 g/mol. The molecule has 1 aliphatic carbocycles. The largest absolute Gasteiger partial charge is 0.314 e. The Morgan fingerprint density at radius 3 is 2.52 bits per heavy atom. The van der Waals surface area contributed by atoms with E-state index < -0.39 is 0 Å². The third-order valence-electron chi connectivity index (χ3n) is 5.62. The van der Waals surface area contributed by atoms with Gasteiger partial charge in [-0.3, -0.25) is 0 Å². The summed E-state index contributed by atoms with van der Waals surface area (Å²) in [5.41, 5.74) is 3.04. The van der Waals surface area contributed by atoms with Crippen LogP contribution in [0.1, 0.15) is 49.7 Å². The number of aryl methyl sites for hydroxylation is 1. The quantitative estimate of drug-likeness (QED) is 0.890. The minimum atomic E-state index is 0.763. The van der Waals surface area contributed by atoms with Crippen molar-refractivity contribution in [1.82, 2.24) is 10.2 Å². The van der Waals surface area contributed by atoms with E-state index in [4.69, 9.17) is 0 Å². The van der Waals surface area contributed by atoms with Crippen LogP contribution in [0, 0.1) is 12.8 Å². The second-order valence-corrected chi connectivity index (χ2v) is 7.01. The summed E-state index contributed by atoms with van der Waals surface area (Å²) in [6.45, 7) is 9.60. The van der Waals surface area contributed by atoms with Gasteiger partial charge in [0.25, 0.3) is 0 Å². The summed E-state index contributed by atoms with van der Waals surface area (Å²) in [7, 11) is 0. The Morgan fingerprint density at radius 1 is 1.14 bits per heavy atom. The molecule has 1 N–H and O–H groups in total. The Kier molecular flexibility index (Phi) is 4.97. The topological polar surface area (TPSA) is 15.3 Å². The number of nitrogens with zero attached hydrogens (tertiary/aromatic N) is 1. The number of likely N-dealkylation sites (tertiary alicyclic amines) is 1. The number of piperidine rings is 1. The average Bonchev–Trinajstić information content (AvgIpc) is 2.48. The van der Waals surface area contributed by atoms with E-state index in [1.54, 1.807) is 5.56 Å². The molecule has 2 fully saturated rings. The molecule has 2 nitrogen and oxygen atoms in total. The third-order valence-corrected chi connectivity index (χ3v) is 5.62. The molecule has 0 amide bonds. The van der Waals surface area contributed by atoms with Crippen LogP contribution in [0.4, 0.5) is 0 Å². The van der Waals surface area contributed by atoms with Gasteiger partial charge in [-0.2, -0.15) is 0 Å². The van der Waals surface area contributed by atoms with Crippen molar-refractivity contribution < 1.29 is 0 Å². The maximum atomic E-state index is 3.82. The molecule has 21 heavy (non-hydrogen) atoms. The lowest BCUT2D eigenvalue weighted by molar-refractivity contribution is 0.179. The molecule has 1 heterocycles. The van der Waals surface area contributed by atoms with Crippen LogP contribution in [0.3, 0.4) is 0 Å². The Bertz CT molecular complexity index is 443. The van der Waals surface area contributed by atoms with Crippen molar-refractivity contribution in [2.45, 2.75) is 51.5 Å². The summed E-state index contributed by atoms with van der Waals surface area (Å²) >= 11 is 0. The molecule has 0 radical (unpaired) electrons. The number of nitrogens with one attached hydrogen (secondary N) is 1. The molecule has 1 aromatic rings. The Hall–Kier alpha value is -0.860. The fraction of sp³-hybridized carbons (Fsp3) is 0.684. The second kappa shape index (κ2) is 6.93. The Morgan fingerprint density at radius 2 is 1.86 bits per heavy atom. The highest BCUT2D eigenvalue weighted by atomic mass is 15.1. The van der Waals surface area contributed by atoms with E-state index in [1.165, 1.54) is 57.4 Å². The molecule has 0 atom stereocenters. The highest BCUT2D eigenvalue weighted by Gasteiger charge is 2.31. The zero-order valence-electron chi connectivity index (χ0n) is 13.6. The molecule has 2 aliphatic rings. The first-order valence-electron chi connectivity index (χ1n) is 8.77. The lowest BCUT2D eigenvalue weighted by Crippen LogP contribution is -2.44. The molecule has 0 aromatic heterocycles. The normalized spacial score (nSPS) is 27.5. The van der Waals surface area contributed by atoms with E-state index in [1.807, 2.05) is 0 Å². The SMILES string of the molecule is CCN1CCC(CNC2CC(c3ccccc3C)C2)CC1. The molecule has 3 rings (SSSR count). The van der Waals surface area contributed by atoms with Crippen LogP contribution in [0.5, 0.6) is 0 Å². The number of rotatable bonds is 5. The van der Waals surface area contributed by atoms with E-state index in [-0.39, 0.29) is 0 Å². The van der Waals surface area contributed by atoms with Gasteiger partial charge in [-0.05, 0) is 81.7 Å². The highest BCUT2D eigenvalue weighted by molar-refractivity contribution is 5.31. The van der Waals surface area contributed by atoms with Crippen LogP contribution in [0.25, 0.3) is 0 Å². The van der Waals surface area contributed by atoms with Crippen LogP contribution in [-0.4, -0.2) is 37.1 Å². The van der Waals surface area contributed by atoms with Gasteiger partial charge in [-0.1, -0.05) is 31.2 Å². The first-order chi connectivity index (χ1) is 10.3. The van der Waals surface area contributed by atoms with E-state index in [9.17, 15) is 0 Å². The van der Waals surface area contributed by atoms with Crippen molar-refractivity contribution in [3.8, 4) is 0 Å². The van der Waals surface area contributed by atoms with Crippen LogP contribution in [-0.2, 0) is 0 Å². The number of hydrogen-bond acceptors (Lipinski definition) is 2. The van der Waals surface area contributed by atoms with Gasteiger partial charge in [0.2, 0.25) is 0 Å². The molecule has 1 saturated carbocycles. The third kappa shape index (κ3) is 3.67. The van der Waals surface area contributed by atoms with Crippen molar-refractivity contribution >= 4 is 0 Å². The van der Waals surface area contributed by atoms with Gasteiger partial charge in [0.15, 0.2) is 0 Å². The molecule has 0 bridgehead atoms. The maximum Gasteiger partial charge on any atom is 0.00788 e. The summed E-state index contributed by atoms with van der Waals surface area (Å²) in [6, 6.07) is 9.66. The predicted molar refractivity (Wildman–Crippen MR) is 89.8 cm³/mol. The molecule has 116 valence electrons. The van der Waals surface area contributed by atoms with E-state index in [0.29, 0.717) is 0 Å². The van der Waals surface area contributed by atoms with E-state index in [2.05, 4.69) is 48.3 Å². The van der Waals surface area contributed by atoms with Gasteiger partial charge in [0.05, 0.1) is 0 Å². The summed E-state index contributed by atoms with van der Waals surface area (Å²) < 4.78 is 0. The average molecular weight is 286 g/mol. The minimum Gasteiger partial charge on any atom is -0.314 e. The lowest BCUT2D eigenvalue weighted by atomic mass is 9.74. The standard InChI is InChI=1S/C19H30N2/c1-3-21-10-8-16(9-11-21)14-20-18-12-17(13-18)19-7-5-4-6-15(19)2/h4-7,16-18,20H,3,8-14H2,1-2H3. The minimum absolute atomic E-state index is 0.763. The molecule has 0 spiro atoms. The van der Waals surface area contributed by atoms with Gasteiger partial charge < -0.3 is 10.2 Å². The van der Waals surface area contributed by atoms with E-state index in [0.717, 1.165) is 17.9 Å².